The van der Waals surface area contributed by atoms with E-state index in [9.17, 15) is 0 Å². The first kappa shape index (κ1) is 11.3. The van der Waals surface area contributed by atoms with Gasteiger partial charge >= 0.3 is 0 Å². The summed E-state index contributed by atoms with van der Waals surface area (Å²) in [7, 11) is 0. The lowest BCUT2D eigenvalue weighted by Crippen LogP contribution is -2.45. The van der Waals surface area contributed by atoms with Crippen LogP contribution in [0.15, 0.2) is 6.07 Å². The van der Waals surface area contributed by atoms with Gasteiger partial charge in [-0.3, -0.25) is 0 Å². The molecule has 0 aliphatic carbocycles. The molecule has 1 aromatic rings. The molecule has 4 nitrogen and oxygen atoms in total. The predicted molar refractivity (Wildman–Crippen MR) is 65.5 cm³/mol. The number of nitrogens with zero attached hydrogens (tertiary/aromatic N) is 3. The van der Waals surface area contributed by atoms with Crippen molar-refractivity contribution in [3.63, 3.8) is 0 Å². The van der Waals surface area contributed by atoms with Gasteiger partial charge in [-0.15, -0.1) is 0 Å². The molecule has 1 aliphatic heterocycles. The molecule has 0 saturated carbocycles. The minimum absolute atomic E-state index is 0.412. The molecule has 1 aromatic heterocycles. The van der Waals surface area contributed by atoms with Crippen LogP contribution in [0.5, 0.6) is 0 Å². The Kier molecular flexibility index (Phi) is 3.39. The van der Waals surface area contributed by atoms with Crippen LogP contribution in [0.2, 0.25) is 0 Å². The molecule has 16 heavy (non-hydrogen) atoms. The third-order valence-electron chi connectivity index (χ3n) is 3.13. The van der Waals surface area contributed by atoms with Crippen molar-refractivity contribution in [1.29, 1.82) is 0 Å². The maximum Gasteiger partial charge on any atom is 0.226 e. The molecule has 2 rings (SSSR count). The molecule has 1 aliphatic rings. The lowest BCUT2D eigenvalue weighted by molar-refractivity contribution is 0.457. The highest BCUT2D eigenvalue weighted by atomic mass is 15.3. The van der Waals surface area contributed by atoms with Crippen LogP contribution in [-0.4, -0.2) is 29.1 Å². The Morgan fingerprint density at radius 2 is 2.00 bits per heavy atom. The molecule has 1 saturated heterocycles. The number of hydrogen-bond donors (Lipinski definition) is 1. The molecule has 2 heterocycles. The highest BCUT2D eigenvalue weighted by Crippen LogP contribution is 2.21. The standard InChI is InChI=1S/C12H20N4/c1-9-7-10(2)15-12(14-9)16-6-4-3-5-11(16)8-13/h7,11H,3-6,8,13H2,1-2H3/t11-/m0/s1. The van der Waals surface area contributed by atoms with E-state index in [1.54, 1.807) is 0 Å². The Labute approximate surface area is 96.9 Å². The average Bonchev–Trinajstić information content (AvgIpc) is 2.27. The van der Waals surface area contributed by atoms with E-state index in [-0.39, 0.29) is 0 Å². The summed E-state index contributed by atoms with van der Waals surface area (Å²) in [6.07, 6.45) is 3.64. The average molecular weight is 220 g/mol. The maximum absolute atomic E-state index is 5.81. The number of hydrogen-bond acceptors (Lipinski definition) is 4. The van der Waals surface area contributed by atoms with Crippen molar-refractivity contribution in [3.05, 3.63) is 17.5 Å². The van der Waals surface area contributed by atoms with E-state index in [4.69, 9.17) is 5.73 Å². The minimum Gasteiger partial charge on any atom is -0.337 e. The third-order valence-corrected chi connectivity index (χ3v) is 3.13. The summed E-state index contributed by atoms with van der Waals surface area (Å²) in [4.78, 5) is 11.3. The van der Waals surface area contributed by atoms with E-state index in [0.717, 1.165) is 30.3 Å². The van der Waals surface area contributed by atoms with E-state index >= 15 is 0 Å². The zero-order chi connectivity index (χ0) is 11.5. The fraction of sp³-hybridized carbons (Fsp3) is 0.667. The molecule has 2 N–H and O–H groups in total. The Morgan fingerprint density at radius 3 is 2.62 bits per heavy atom. The zero-order valence-corrected chi connectivity index (χ0v) is 10.1. The number of aromatic nitrogens is 2. The van der Waals surface area contributed by atoms with E-state index in [0.29, 0.717) is 12.6 Å². The van der Waals surface area contributed by atoms with Crippen molar-refractivity contribution < 1.29 is 0 Å². The lowest BCUT2D eigenvalue weighted by atomic mass is 10.0. The normalized spacial score (nSPS) is 21.2. The van der Waals surface area contributed by atoms with Gasteiger partial charge in [0, 0.05) is 30.5 Å². The SMILES string of the molecule is Cc1cc(C)nc(N2CCCC[C@H]2CN)n1. The largest absolute Gasteiger partial charge is 0.337 e. The van der Waals surface area contributed by atoms with Gasteiger partial charge in [-0.1, -0.05) is 0 Å². The Bertz CT molecular complexity index is 344. The summed E-state index contributed by atoms with van der Waals surface area (Å²) < 4.78 is 0. The number of rotatable bonds is 2. The summed E-state index contributed by atoms with van der Waals surface area (Å²) in [6.45, 7) is 5.75. The van der Waals surface area contributed by atoms with Crippen LogP contribution in [0.3, 0.4) is 0 Å². The summed E-state index contributed by atoms with van der Waals surface area (Å²) in [5.74, 6) is 0.854. The monoisotopic (exact) mass is 220 g/mol. The van der Waals surface area contributed by atoms with Crippen LogP contribution in [0.25, 0.3) is 0 Å². The van der Waals surface area contributed by atoms with Crippen molar-refractivity contribution >= 4 is 5.95 Å². The molecule has 0 unspecified atom stereocenters. The number of piperidine rings is 1. The highest BCUT2D eigenvalue weighted by Gasteiger charge is 2.23. The third kappa shape index (κ3) is 2.32. The van der Waals surface area contributed by atoms with Gasteiger partial charge in [0.1, 0.15) is 0 Å². The smallest absolute Gasteiger partial charge is 0.226 e. The quantitative estimate of drug-likeness (QED) is 0.818. The van der Waals surface area contributed by atoms with Gasteiger partial charge in [-0.05, 0) is 39.2 Å². The van der Waals surface area contributed by atoms with E-state index in [1.165, 1.54) is 12.8 Å². The van der Waals surface area contributed by atoms with Gasteiger partial charge < -0.3 is 10.6 Å². The number of aryl methyl sites for hydroxylation is 2. The number of anilines is 1. The van der Waals surface area contributed by atoms with Gasteiger partial charge in [0.05, 0.1) is 0 Å². The molecule has 1 atom stereocenters. The molecule has 4 heteroatoms. The van der Waals surface area contributed by atoms with E-state index in [2.05, 4.69) is 14.9 Å². The molecule has 1 fully saturated rings. The second-order valence-electron chi connectivity index (χ2n) is 4.53. The summed E-state index contributed by atoms with van der Waals surface area (Å²) in [5, 5.41) is 0. The topological polar surface area (TPSA) is 55.0 Å². The molecule has 88 valence electrons. The Morgan fingerprint density at radius 1 is 1.31 bits per heavy atom. The second kappa shape index (κ2) is 4.78. The van der Waals surface area contributed by atoms with Crippen LogP contribution in [0.4, 0.5) is 5.95 Å². The maximum atomic E-state index is 5.81. The van der Waals surface area contributed by atoms with Crippen LogP contribution in [0.1, 0.15) is 30.7 Å². The summed E-state index contributed by atoms with van der Waals surface area (Å²) in [6, 6.07) is 2.42. The zero-order valence-electron chi connectivity index (χ0n) is 10.1. The molecule has 0 amide bonds. The number of nitrogens with two attached hydrogens (primary N) is 1. The van der Waals surface area contributed by atoms with Crippen molar-refractivity contribution in [3.8, 4) is 0 Å². The molecular formula is C12H20N4. The van der Waals surface area contributed by atoms with Gasteiger partial charge in [0.2, 0.25) is 5.95 Å². The molecular weight excluding hydrogens is 200 g/mol. The first-order valence-electron chi connectivity index (χ1n) is 5.99. The highest BCUT2D eigenvalue weighted by molar-refractivity contribution is 5.34. The van der Waals surface area contributed by atoms with Crippen molar-refractivity contribution in [2.45, 2.75) is 39.2 Å². The molecule has 0 aromatic carbocycles. The molecule has 0 spiro atoms. The lowest BCUT2D eigenvalue weighted by Gasteiger charge is -2.35. The fourth-order valence-electron chi connectivity index (χ4n) is 2.34. The van der Waals surface area contributed by atoms with Crippen LogP contribution >= 0.6 is 0 Å². The van der Waals surface area contributed by atoms with Gasteiger partial charge in [0.15, 0.2) is 0 Å². The molecule has 0 radical (unpaired) electrons. The van der Waals surface area contributed by atoms with E-state index in [1.807, 2.05) is 19.9 Å². The summed E-state index contributed by atoms with van der Waals surface area (Å²) in [5.41, 5.74) is 7.87. The Hall–Kier alpha value is -1.16. The van der Waals surface area contributed by atoms with Crippen LogP contribution in [-0.2, 0) is 0 Å². The Balaban J connectivity index is 2.26. The van der Waals surface area contributed by atoms with Crippen LogP contribution in [0, 0.1) is 13.8 Å². The molecule has 0 bridgehead atoms. The minimum atomic E-state index is 0.412. The fourth-order valence-corrected chi connectivity index (χ4v) is 2.34. The van der Waals surface area contributed by atoms with Crippen molar-refractivity contribution in [2.75, 3.05) is 18.0 Å². The second-order valence-corrected chi connectivity index (χ2v) is 4.53. The summed E-state index contributed by atoms with van der Waals surface area (Å²) >= 11 is 0. The van der Waals surface area contributed by atoms with Crippen LogP contribution < -0.4 is 10.6 Å². The first-order valence-corrected chi connectivity index (χ1v) is 5.99. The first-order chi connectivity index (χ1) is 7.70. The van der Waals surface area contributed by atoms with Crippen molar-refractivity contribution in [1.82, 2.24) is 9.97 Å². The van der Waals surface area contributed by atoms with Crippen molar-refractivity contribution in [2.24, 2.45) is 5.73 Å². The predicted octanol–water partition coefficient (Wildman–Crippen LogP) is 1.41. The van der Waals surface area contributed by atoms with Gasteiger partial charge in [0.25, 0.3) is 0 Å². The van der Waals surface area contributed by atoms with Gasteiger partial charge in [-0.25, -0.2) is 9.97 Å². The van der Waals surface area contributed by atoms with Gasteiger partial charge in [-0.2, -0.15) is 0 Å². The van der Waals surface area contributed by atoms with E-state index < -0.39 is 0 Å².